The smallest absolute Gasteiger partial charge is 0.323 e. The fourth-order valence-corrected chi connectivity index (χ4v) is 5.27. The SMILES string of the molecule is COC(=O)C1(C(=O)OC)CCC=C(CC(C(C)=O)S(=O)(=O)c2ccccc2)C1. The summed E-state index contributed by atoms with van der Waals surface area (Å²) in [4.78, 5) is 36.9. The molecule has 152 valence electrons. The lowest BCUT2D eigenvalue weighted by Crippen LogP contribution is -2.43. The highest BCUT2D eigenvalue weighted by Crippen LogP contribution is 2.41. The van der Waals surface area contributed by atoms with E-state index in [0.29, 0.717) is 12.0 Å². The van der Waals surface area contributed by atoms with Gasteiger partial charge >= 0.3 is 11.9 Å². The quantitative estimate of drug-likeness (QED) is 0.387. The van der Waals surface area contributed by atoms with Crippen LogP contribution in [0.1, 0.15) is 32.6 Å². The normalized spacial score (nSPS) is 17.2. The molecular weight excluding hydrogens is 384 g/mol. The van der Waals surface area contributed by atoms with Crippen LogP contribution in [0.2, 0.25) is 0 Å². The Balaban J connectivity index is 2.36. The number of esters is 2. The Morgan fingerprint density at radius 1 is 1.07 bits per heavy atom. The summed E-state index contributed by atoms with van der Waals surface area (Å²) in [6.45, 7) is 1.22. The van der Waals surface area contributed by atoms with Crippen molar-refractivity contribution in [2.45, 2.75) is 42.8 Å². The second kappa shape index (κ2) is 8.68. The van der Waals surface area contributed by atoms with Crippen LogP contribution in [0.3, 0.4) is 0 Å². The number of ether oxygens (including phenoxy) is 2. The monoisotopic (exact) mass is 408 g/mol. The van der Waals surface area contributed by atoms with E-state index in [1.54, 1.807) is 24.3 Å². The van der Waals surface area contributed by atoms with Crippen molar-refractivity contribution in [3.8, 4) is 0 Å². The molecule has 0 N–H and O–H groups in total. The van der Waals surface area contributed by atoms with E-state index in [4.69, 9.17) is 9.47 Å². The molecule has 7 nitrogen and oxygen atoms in total. The first kappa shape index (κ1) is 21.8. The van der Waals surface area contributed by atoms with Gasteiger partial charge in [-0.1, -0.05) is 29.8 Å². The molecule has 0 fully saturated rings. The Morgan fingerprint density at radius 3 is 2.14 bits per heavy atom. The van der Waals surface area contributed by atoms with Crippen LogP contribution < -0.4 is 0 Å². The molecule has 0 saturated heterocycles. The van der Waals surface area contributed by atoms with E-state index in [1.165, 1.54) is 33.3 Å². The first-order valence-corrected chi connectivity index (χ1v) is 10.4. The summed E-state index contributed by atoms with van der Waals surface area (Å²) >= 11 is 0. The lowest BCUT2D eigenvalue weighted by atomic mass is 9.73. The van der Waals surface area contributed by atoms with Gasteiger partial charge in [0, 0.05) is 0 Å². The van der Waals surface area contributed by atoms with E-state index >= 15 is 0 Å². The number of hydrogen-bond acceptors (Lipinski definition) is 7. The molecule has 1 unspecified atom stereocenters. The zero-order valence-corrected chi connectivity index (χ0v) is 17.0. The highest BCUT2D eigenvalue weighted by Gasteiger charge is 2.50. The molecular formula is C20H24O7S. The minimum Gasteiger partial charge on any atom is -0.468 e. The molecule has 0 aliphatic heterocycles. The molecule has 0 spiro atoms. The van der Waals surface area contributed by atoms with Gasteiger partial charge in [-0.05, 0) is 44.7 Å². The van der Waals surface area contributed by atoms with Gasteiger partial charge < -0.3 is 9.47 Å². The molecule has 1 aliphatic carbocycles. The Kier molecular flexibility index (Phi) is 6.77. The number of carbonyl (C=O) groups is 3. The predicted octanol–water partition coefficient (Wildman–Crippen LogP) is 2.25. The molecule has 0 aromatic heterocycles. The van der Waals surface area contributed by atoms with E-state index < -0.39 is 38.2 Å². The van der Waals surface area contributed by atoms with Crippen molar-refractivity contribution in [3.05, 3.63) is 42.0 Å². The van der Waals surface area contributed by atoms with Gasteiger partial charge in [-0.3, -0.25) is 14.4 Å². The zero-order chi connectivity index (χ0) is 20.9. The maximum absolute atomic E-state index is 13.0. The molecule has 2 rings (SSSR count). The van der Waals surface area contributed by atoms with Crippen molar-refractivity contribution >= 4 is 27.6 Å². The summed E-state index contributed by atoms with van der Waals surface area (Å²) in [7, 11) is -1.54. The van der Waals surface area contributed by atoms with Crippen LogP contribution >= 0.6 is 0 Å². The summed E-state index contributed by atoms with van der Waals surface area (Å²) in [6.07, 6.45) is 2.21. The number of rotatable bonds is 7. The van der Waals surface area contributed by atoms with Gasteiger partial charge in [0.1, 0.15) is 11.0 Å². The van der Waals surface area contributed by atoms with Crippen LogP contribution in [-0.2, 0) is 33.7 Å². The topological polar surface area (TPSA) is 104 Å². The Labute approximate surface area is 164 Å². The van der Waals surface area contributed by atoms with Crippen molar-refractivity contribution in [1.82, 2.24) is 0 Å². The van der Waals surface area contributed by atoms with Gasteiger partial charge in [0.25, 0.3) is 0 Å². The van der Waals surface area contributed by atoms with Crippen LogP contribution in [0.15, 0.2) is 46.9 Å². The van der Waals surface area contributed by atoms with Crippen molar-refractivity contribution in [1.29, 1.82) is 0 Å². The van der Waals surface area contributed by atoms with Gasteiger partial charge in [0.05, 0.1) is 19.1 Å². The maximum atomic E-state index is 13.0. The highest BCUT2D eigenvalue weighted by molar-refractivity contribution is 7.92. The average Bonchev–Trinajstić information content (AvgIpc) is 2.71. The maximum Gasteiger partial charge on any atom is 0.323 e. The minimum absolute atomic E-state index is 0.0412. The number of methoxy groups -OCH3 is 2. The van der Waals surface area contributed by atoms with E-state index in [9.17, 15) is 22.8 Å². The molecule has 0 heterocycles. The Hall–Kier alpha value is -2.48. The zero-order valence-electron chi connectivity index (χ0n) is 16.1. The second-order valence-corrected chi connectivity index (χ2v) is 8.94. The highest BCUT2D eigenvalue weighted by atomic mass is 32.2. The van der Waals surface area contributed by atoms with Crippen LogP contribution in [0.25, 0.3) is 0 Å². The van der Waals surface area contributed by atoms with E-state index in [-0.39, 0.29) is 24.2 Å². The number of hydrogen-bond donors (Lipinski definition) is 0. The van der Waals surface area contributed by atoms with Crippen molar-refractivity contribution in [2.75, 3.05) is 14.2 Å². The third-order valence-corrected chi connectivity index (χ3v) is 7.21. The summed E-state index contributed by atoms with van der Waals surface area (Å²) < 4.78 is 35.5. The van der Waals surface area contributed by atoms with Crippen LogP contribution in [-0.4, -0.2) is 45.6 Å². The van der Waals surface area contributed by atoms with Crippen molar-refractivity contribution < 1.29 is 32.3 Å². The molecule has 1 aromatic carbocycles. The molecule has 0 radical (unpaired) electrons. The van der Waals surface area contributed by atoms with E-state index in [0.717, 1.165) is 0 Å². The third-order valence-electron chi connectivity index (χ3n) is 5.03. The van der Waals surface area contributed by atoms with Crippen LogP contribution in [0.5, 0.6) is 0 Å². The molecule has 28 heavy (non-hydrogen) atoms. The number of ketones is 1. The standard InChI is InChI=1S/C20H24O7S/c1-14(21)17(28(24,25)16-9-5-4-6-10-16)12-15-8-7-11-20(13-15,18(22)26-2)19(23)27-3/h4-6,8-10,17H,7,11-13H2,1-3H3. The lowest BCUT2D eigenvalue weighted by Gasteiger charge is -2.32. The van der Waals surface area contributed by atoms with Gasteiger partial charge in [0.15, 0.2) is 15.3 Å². The molecule has 0 amide bonds. The molecule has 1 atom stereocenters. The van der Waals surface area contributed by atoms with Crippen molar-refractivity contribution in [2.24, 2.45) is 5.41 Å². The third kappa shape index (κ3) is 4.16. The summed E-state index contributed by atoms with van der Waals surface area (Å²) in [5, 5.41) is -1.30. The molecule has 1 aromatic rings. The largest absolute Gasteiger partial charge is 0.468 e. The predicted molar refractivity (Wildman–Crippen MR) is 101 cm³/mol. The number of benzene rings is 1. The number of allylic oxidation sites excluding steroid dienone is 2. The first-order valence-electron chi connectivity index (χ1n) is 8.83. The number of sulfone groups is 1. The van der Waals surface area contributed by atoms with E-state index in [1.807, 2.05) is 0 Å². The van der Waals surface area contributed by atoms with Crippen LogP contribution in [0, 0.1) is 5.41 Å². The summed E-state index contributed by atoms with van der Waals surface area (Å²) in [6, 6.07) is 7.74. The molecule has 1 aliphatic rings. The second-order valence-electron chi connectivity index (χ2n) is 6.80. The molecule has 8 heteroatoms. The van der Waals surface area contributed by atoms with E-state index in [2.05, 4.69) is 0 Å². The van der Waals surface area contributed by atoms with Crippen LogP contribution in [0.4, 0.5) is 0 Å². The first-order chi connectivity index (χ1) is 13.2. The summed E-state index contributed by atoms with van der Waals surface area (Å²) in [5.74, 6) is -1.96. The van der Waals surface area contributed by atoms with Gasteiger partial charge in [-0.2, -0.15) is 0 Å². The minimum atomic E-state index is -3.91. The molecule has 0 saturated carbocycles. The van der Waals surface area contributed by atoms with Gasteiger partial charge in [-0.25, -0.2) is 8.42 Å². The van der Waals surface area contributed by atoms with Gasteiger partial charge in [-0.15, -0.1) is 0 Å². The Morgan fingerprint density at radius 2 is 1.64 bits per heavy atom. The Bertz CT molecular complexity index is 868. The average molecular weight is 408 g/mol. The van der Waals surface area contributed by atoms with Crippen molar-refractivity contribution in [3.63, 3.8) is 0 Å². The van der Waals surface area contributed by atoms with Gasteiger partial charge in [0.2, 0.25) is 0 Å². The summed E-state index contributed by atoms with van der Waals surface area (Å²) in [5.41, 5.74) is -0.979. The number of Topliss-reactive ketones (excluding diaryl/α,β-unsaturated/α-hetero) is 1. The lowest BCUT2D eigenvalue weighted by molar-refractivity contribution is -0.170. The fourth-order valence-electron chi connectivity index (χ4n) is 3.53. The fraction of sp³-hybridized carbons (Fsp3) is 0.450. The molecule has 0 bridgehead atoms. The number of carbonyl (C=O) groups excluding carboxylic acids is 3.